The van der Waals surface area contributed by atoms with Crippen LogP contribution in [0.1, 0.15) is 27.0 Å². The minimum atomic E-state index is -0.407. The van der Waals surface area contributed by atoms with E-state index >= 15 is 0 Å². The van der Waals surface area contributed by atoms with Gasteiger partial charge in [0, 0.05) is 13.7 Å². The molecule has 2 rings (SSSR count). The molecule has 5 nitrogen and oxygen atoms in total. The lowest BCUT2D eigenvalue weighted by molar-refractivity contribution is 0.0829. The molecule has 1 amide bonds. The number of carbonyl (C=O) groups is 1. The predicted octanol–water partition coefficient (Wildman–Crippen LogP) is 2.10. The number of benzene rings is 1. The molecule has 0 saturated heterocycles. The van der Waals surface area contributed by atoms with Gasteiger partial charge in [-0.25, -0.2) is 4.39 Å². The monoisotopic (exact) mass is 295 g/mol. The van der Waals surface area contributed by atoms with Crippen molar-refractivity contribution in [3.05, 3.63) is 46.2 Å². The fourth-order valence-electron chi connectivity index (χ4n) is 1.75. The van der Waals surface area contributed by atoms with E-state index in [0.717, 1.165) is 11.5 Å². The number of methoxy groups -OCH3 is 1. The predicted molar refractivity (Wildman–Crippen MR) is 73.1 cm³/mol. The van der Waals surface area contributed by atoms with Crippen molar-refractivity contribution in [2.45, 2.75) is 13.0 Å². The lowest BCUT2D eigenvalue weighted by atomic mass is 10.1. The fourth-order valence-corrected chi connectivity index (χ4v) is 2.32. The zero-order valence-corrected chi connectivity index (χ0v) is 11.9. The van der Waals surface area contributed by atoms with Gasteiger partial charge < -0.3 is 10.1 Å². The van der Waals surface area contributed by atoms with E-state index in [2.05, 4.69) is 14.9 Å². The van der Waals surface area contributed by atoms with Gasteiger partial charge in [-0.1, -0.05) is 16.6 Å². The number of ether oxygens (including phenoxy) is 1. The Morgan fingerprint density at radius 2 is 2.35 bits per heavy atom. The standard InChI is InChI=1S/C13H14FN3O2S/c1-8-12(20-17-16-8)13(18)15-7-11(19-2)9-4-3-5-10(14)6-9/h3-6,11H,7H2,1-2H3,(H,15,18). The molecule has 106 valence electrons. The molecule has 20 heavy (non-hydrogen) atoms. The van der Waals surface area contributed by atoms with Crippen LogP contribution in [0, 0.1) is 12.7 Å². The van der Waals surface area contributed by atoms with E-state index in [-0.39, 0.29) is 18.3 Å². The molecular weight excluding hydrogens is 281 g/mol. The number of halogens is 1. The molecule has 0 radical (unpaired) electrons. The molecule has 0 aliphatic carbocycles. The highest BCUT2D eigenvalue weighted by Gasteiger charge is 2.16. The van der Waals surface area contributed by atoms with Crippen LogP contribution in [0.2, 0.25) is 0 Å². The van der Waals surface area contributed by atoms with Gasteiger partial charge in [0.15, 0.2) is 0 Å². The quantitative estimate of drug-likeness (QED) is 0.917. The fraction of sp³-hybridized carbons (Fsp3) is 0.308. The third-order valence-corrected chi connectivity index (χ3v) is 3.64. The van der Waals surface area contributed by atoms with Gasteiger partial charge in [-0.3, -0.25) is 4.79 Å². The van der Waals surface area contributed by atoms with Gasteiger partial charge >= 0.3 is 0 Å². The van der Waals surface area contributed by atoms with Gasteiger partial charge in [-0.15, -0.1) is 5.10 Å². The van der Waals surface area contributed by atoms with Crippen molar-refractivity contribution in [1.82, 2.24) is 14.9 Å². The van der Waals surface area contributed by atoms with Gasteiger partial charge in [0.25, 0.3) is 5.91 Å². The lowest BCUT2D eigenvalue weighted by Gasteiger charge is -2.16. The molecule has 1 heterocycles. The van der Waals surface area contributed by atoms with Gasteiger partial charge in [-0.2, -0.15) is 0 Å². The Balaban J connectivity index is 2.01. The first-order chi connectivity index (χ1) is 9.61. The van der Waals surface area contributed by atoms with Crippen molar-refractivity contribution in [2.24, 2.45) is 0 Å². The second-order valence-electron chi connectivity index (χ2n) is 4.18. The molecule has 0 fully saturated rings. The highest BCUT2D eigenvalue weighted by molar-refractivity contribution is 7.07. The molecule has 7 heteroatoms. The van der Waals surface area contributed by atoms with Crippen LogP contribution in [0.5, 0.6) is 0 Å². The lowest BCUT2D eigenvalue weighted by Crippen LogP contribution is -2.29. The topological polar surface area (TPSA) is 64.1 Å². The van der Waals surface area contributed by atoms with Crippen molar-refractivity contribution in [2.75, 3.05) is 13.7 Å². The molecule has 2 aromatic rings. The largest absolute Gasteiger partial charge is 0.375 e. The van der Waals surface area contributed by atoms with E-state index in [1.807, 2.05) is 0 Å². The Bertz CT molecular complexity index is 603. The summed E-state index contributed by atoms with van der Waals surface area (Å²) in [5.41, 5.74) is 1.26. The van der Waals surface area contributed by atoms with Crippen LogP contribution in [0.25, 0.3) is 0 Å². The van der Waals surface area contributed by atoms with E-state index in [1.54, 1.807) is 19.1 Å². The molecule has 0 saturated carbocycles. The molecule has 0 bridgehead atoms. The average molecular weight is 295 g/mol. The molecule has 1 N–H and O–H groups in total. The first kappa shape index (κ1) is 14.5. The number of rotatable bonds is 5. The molecule has 0 aliphatic heterocycles. The second-order valence-corrected chi connectivity index (χ2v) is 4.93. The Morgan fingerprint density at radius 1 is 1.55 bits per heavy atom. The van der Waals surface area contributed by atoms with Gasteiger partial charge in [0.2, 0.25) is 0 Å². The number of hydrogen-bond acceptors (Lipinski definition) is 5. The number of nitrogens with zero attached hydrogens (tertiary/aromatic N) is 2. The Labute approximate surface area is 119 Å². The zero-order valence-electron chi connectivity index (χ0n) is 11.1. The maximum absolute atomic E-state index is 13.2. The summed E-state index contributed by atoms with van der Waals surface area (Å²) in [5, 5.41) is 6.52. The van der Waals surface area contributed by atoms with Crippen LogP contribution in [0.4, 0.5) is 4.39 Å². The Morgan fingerprint density at radius 3 is 2.95 bits per heavy atom. The SMILES string of the molecule is COC(CNC(=O)c1snnc1C)c1cccc(F)c1. The van der Waals surface area contributed by atoms with Crippen LogP contribution >= 0.6 is 11.5 Å². The number of amides is 1. The summed E-state index contributed by atoms with van der Waals surface area (Å²) < 4.78 is 22.2. The second kappa shape index (κ2) is 6.53. The minimum absolute atomic E-state index is 0.246. The summed E-state index contributed by atoms with van der Waals surface area (Å²) in [7, 11) is 1.52. The third kappa shape index (κ3) is 3.37. The third-order valence-electron chi connectivity index (χ3n) is 2.81. The average Bonchev–Trinajstić information content (AvgIpc) is 2.85. The molecule has 1 atom stereocenters. The summed E-state index contributed by atoms with van der Waals surface area (Å²) in [6, 6.07) is 6.11. The number of hydrogen-bond donors (Lipinski definition) is 1. The summed E-state index contributed by atoms with van der Waals surface area (Å²) in [4.78, 5) is 12.4. The van der Waals surface area contributed by atoms with Crippen LogP contribution in [-0.2, 0) is 4.74 Å². The molecule has 0 aliphatic rings. The van der Waals surface area contributed by atoms with Crippen LogP contribution < -0.4 is 5.32 Å². The Hall–Kier alpha value is -1.86. The maximum atomic E-state index is 13.2. The molecule has 0 spiro atoms. The Kier molecular flexibility index (Phi) is 4.75. The van der Waals surface area contributed by atoms with Crippen LogP contribution in [0.3, 0.4) is 0 Å². The van der Waals surface area contributed by atoms with E-state index in [9.17, 15) is 9.18 Å². The number of carbonyl (C=O) groups excluding carboxylic acids is 1. The number of nitrogens with one attached hydrogen (secondary N) is 1. The van der Waals surface area contributed by atoms with Gasteiger partial charge in [0.05, 0.1) is 11.8 Å². The van der Waals surface area contributed by atoms with E-state index < -0.39 is 6.10 Å². The summed E-state index contributed by atoms with van der Waals surface area (Å²) in [5.74, 6) is -0.589. The molecule has 1 unspecified atom stereocenters. The molecule has 1 aromatic carbocycles. The summed E-state index contributed by atoms with van der Waals surface area (Å²) in [6.45, 7) is 1.97. The first-order valence-corrected chi connectivity index (χ1v) is 6.74. The normalized spacial score (nSPS) is 12.2. The van der Waals surface area contributed by atoms with Crippen molar-refractivity contribution in [3.8, 4) is 0 Å². The van der Waals surface area contributed by atoms with Gasteiger partial charge in [0.1, 0.15) is 10.7 Å². The summed E-state index contributed by atoms with van der Waals surface area (Å²) in [6.07, 6.45) is -0.407. The highest BCUT2D eigenvalue weighted by atomic mass is 32.1. The maximum Gasteiger partial charge on any atom is 0.265 e. The molecule has 1 aromatic heterocycles. The van der Waals surface area contributed by atoms with Crippen molar-refractivity contribution in [1.29, 1.82) is 0 Å². The number of aryl methyl sites for hydroxylation is 1. The van der Waals surface area contributed by atoms with E-state index in [0.29, 0.717) is 16.1 Å². The van der Waals surface area contributed by atoms with E-state index in [1.165, 1.54) is 19.2 Å². The minimum Gasteiger partial charge on any atom is -0.375 e. The zero-order chi connectivity index (χ0) is 14.5. The summed E-state index contributed by atoms with van der Waals surface area (Å²) >= 11 is 1.04. The van der Waals surface area contributed by atoms with E-state index in [4.69, 9.17) is 4.74 Å². The van der Waals surface area contributed by atoms with Crippen LogP contribution in [-0.4, -0.2) is 29.1 Å². The van der Waals surface area contributed by atoms with Crippen molar-refractivity contribution in [3.63, 3.8) is 0 Å². The highest BCUT2D eigenvalue weighted by Crippen LogP contribution is 2.17. The first-order valence-electron chi connectivity index (χ1n) is 5.97. The number of aromatic nitrogens is 2. The molecular formula is C13H14FN3O2S. The van der Waals surface area contributed by atoms with Crippen LogP contribution in [0.15, 0.2) is 24.3 Å². The van der Waals surface area contributed by atoms with Crippen molar-refractivity contribution >= 4 is 17.4 Å². The van der Waals surface area contributed by atoms with Gasteiger partial charge in [-0.05, 0) is 36.2 Å². The smallest absolute Gasteiger partial charge is 0.265 e. The van der Waals surface area contributed by atoms with Crippen molar-refractivity contribution < 1.29 is 13.9 Å².